The second-order valence-corrected chi connectivity index (χ2v) is 9.59. The minimum Gasteiger partial charge on any atom is -0.490 e. The van der Waals surface area contributed by atoms with Crippen LogP contribution in [0.4, 0.5) is 0 Å². The fourth-order valence-corrected chi connectivity index (χ4v) is 6.82. The summed E-state index contributed by atoms with van der Waals surface area (Å²) in [5, 5.41) is 20.8. The van der Waals surface area contributed by atoms with Crippen molar-refractivity contribution in [3.8, 4) is 5.75 Å². The number of aliphatic hydroxyl groups excluding tert-OH is 2. The number of hydrogen-bond acceptors (Lipinski definition) is 3. The first kappa shape index (κ1) is 17.1. The number of ether oxygens (including phenoxy) is 1. The first-order chi connectivity index (χ1) is 12.6. The third-order valence-corrected chi connectivity index (χ3v) is 8.28. The van der Waals surface area contributed by atoms with Crippen molar-refractivity contribution in [1.29, 1.82) is 0 Å². The molecule has 4 aliphatic carbocycles. The van der Waals surface area contributed by atoms with Crippen LogP contribution in [0, 0.1) is 17.3 Å². The van der Waals surface area contributed by atoms with Gasteiger partial charge in [0.1, 0.15) is 5.75 Å². The topological polar surface area (TPSA) is 49.7 Å². The van der Waals surface area contributed by atoms with Gasteiger partial charge in [-0.05, 0) is 104 Å². The van der Waals surface area contributed by atoms with Crippen molar-refractivity contribution >= 4 is 0 Å². The summed E-state index contributed by atoms with van der Waals surface area (Å²) in [5.41, 5.74) is 2.89. The number of fused-ring (bicyclic) bond motifs is 5. The van der Waals surface area contributed by atoms with Crippen molar-refractivity contribution in [2.45, 2.75) is 88.9 Å². The van der Waals surface area contributed by atoms with Crippen LogP contribution in [0.15, 0.2) is 18.2 Å². The highest BCUT2D eigenvalue weighted by molar-refractivity contribution is 5.41. The standard InChI is InChI=1S/C23H32O3/c1-23-11-10-18-17-9-7-16(26-15-4-2-3-5-15)12-14(17)6-8-19(18)20(23)13-21(24)22(23)25/h7,9,12,15,18-22,24-25H,2-6,8,10-11,13H2,1H3/t18-,19+,20+,21+,22-,23-/m0/s1. The third-order valence-electron chi connectivity index (χ3n) is 8.28. The number of aliphatic hydroxyl groups is 2. The van der Waals surface area contributed by atoms with Gasteiger partial charge in [0, 0.05) is 0 Å². The van der Waals surface area contributed by atoms with E-state index in [2.05, 4.69) is 25.1 Å². The second-order valence-electron chi connectivity index (χ2n) is 9.59. The minimum atomic E-state index is -0.544. The molecule has 3 heteroatoms. The Bertz CT molecular complexity index is 680. The highest BCUT2D eigenvalue weighted by Gasteiger charge is 2.57. The number of aryl methyl sites for hydroxylation is 1. The quantitative estimate of drug-likeness (QED) is 0.835. The number of rotatable bonds is 2. The first-order valence-electron chi connectivity index (χ1n) is 10.7. The van der Waals surface area contributed by atoms with E-state index >= 15 is 0 Å². The summed E-state index contributed by atoms with van der Waals surface area (Å²) in [6.45, 7) is 2.21. The van der Waals surface area contributed by atoms with Gasteiger partial charge >= 0.3 is 0 Å². The van der Waals surface area contributed by atoms with Gasteiger partial charge < -0.3 is 14.9 Å². The maximum absolute atomic E-state index is 10.5. The SMILES string of the molecule is C[C@]12CC[C@H]3c4ccc(OC5CCCC5)cc4CC[C@H]3[C@H]1C[C@@H](O)[C@@H]2O. The van der Waals surface area contributed by atoms with E-state index in [-0.39, 0.29) is 5.41 Å². The maximum atomic E-state index is 10.5. The van der Waals surface area contributed by atoms with Gasteiger partial charge in [-0.1, -0.05) is 13.0 Å². The molecule has 6 atom stereocenters. The van der Waals surface area contributed by atoms with Crippen LogP contribution in [0.25, 0.3) is 0 Å². The predicted molar refractivity (Wildman–Crippen MR) is 101 cm³/mol. The van der Waals surface area contributed by atoms with Crippen LogP contribution in [-0.4, -0.2) is 28.5 Å². The van der Waals surface area contributed by atoms with E-state index in [0.29, 0.717) is 23.9 Å². The molecule has 0 amide bonds. The first-order valence-corrected chi connectivity index (χ1v) is 10.7. The van der Waals surface area contributed by atoms with E-state index in [0.717, 1.165) is 31.4 Å². The molecule has 1 aromatic carbocycles. The van der Waals surface area contributed by atoms with Crippen molar-refractivity contribution in [3.63, 3.8) is 0 Å². The van der Waals surface area contributed by atoms with Gasteiger partial charge in [-0.2, -0.15) is 0 Å². The van der Waals surface area contributed by atoms with Crippen LogP contribution in [0.1, 0.15) is 75.3 Å². The summed E-state index contributed by atoms with van der Waals surface area (Å²) in [6.07, 6.45) is 9.58. The Labute approximate surface area is 156 Å². The fourth-order valence-electron chi connectivity index (χ4n) is 6.82. The monoisotopic (exact) mass is 356 g/mol. The molecule has 0 aromatic heterocycles. The Morgan fingerprint density at radius 3 is 2.69 bits per heavy atom. The molecule has 26 heavy (non-hydrogen) atoms. The summed E-state index contributed by atoms with van der Waals surface area (Å²) >= 11 is 0. The average molecular weight is 357 g/mol. The maximum Gasteiger partial charge on any atom is 0.120 e. The highest BCUT2D eigenvalue weighted by Crippen LogP contribution is 2.60. The van der Waals surface area contributed by atoms with Crippen molar-refractivity contribution in [1.82, 2.24) is 0 Å². The fraction of sp³-hybridized carbons (Fsp3) is 0.739. The molecule has 3 nitrogen and oxygen atoms in total. The average Bonchev–Trinajstić information content (AvgIpc) is 3.23. The Morgan fingerprint density at radius 2 is 1.88 bits per heavy atom. The van der Waals surface area contributed by atoms with Crippen molar-refractivity contribution in [2.75, 3.05) is 0 Å². The van der Waals surface area contributed by atoms with Crippen molar-refractivity contribution in [3.05, 3.63) is 29.3 Å². The second kappa shape index (κ2) is 6.24. The molecule has 0 unspecified atom stereocenters. The van der Waals surface area contributed by atoms with Crippen LogP contribution < -0.4 is 4.74 Å². The molecule has 5 rings (SSSR count). The predicted octanol–water partition coefficient (Wildman–Crippen LogP) is 4.20. The zero-order valence-corrected chi connectivity index (χ0v) is 15.9. The number of hydrogen-bond donors (Lipinski definition) is 2. The van der Waals surface area contributed by atoms with Gasteiger partial charge in [0.2, 0.25) is 0 Å². The van der Waals surface area contributed by atoms with E-state index in [4.69, 9.17) is 4.74 Å². The Hall–Kier alpha value is -1.06. The molecule has 0 saturated heterocycles. The van der Waals surface area contributed by atoms with Gasteiger partial charge in [0.25, 0.3) is 0 Å². The smallest absolute Gasteiger partial charge is 0.120 e. The van der Waals surface area contributed by atoms with Crippen LogP contribution in [-0.2, 0) is 6.42 Å². The van der Waals surface area contributed by atoms with E-state index in [1.54, 1.807) is 0 Å². The molecule has 142 valence electrons. The zero-order chi connectivity index (χ0) is 17.9. The minimum absolute atomic E-state index is 0.0936. The molecule has 0 spiro atoms. The summed E-state index contributed by atoms with van der Waals surface area (Å²) in [5.74, 6) is 2.71. The van der Waals surface area contributed by atoms with E-state index < -0.39 is 12.2 Å². The van der Waals surface area contributed by atoms with E-state index in [9.17, 15) is 10.2 Å². The van der Waals surface area contributed by atoms with Gasteiger partial charge in [-0.3, -0.25) is 0 Å². The summed E-state index contributed by atoms with van der Waals surface area (Å²) < 4.78 is 6.22. The van der Waals surface area contributed by atoms with Crippen LogP contribution in [0.3, 0.4) is 0 Å². The van der Waals surface area contributed by atoms with Gasteiger partial charge in [-0.25, -0.2) is 0 Å². The normalized spacial score (nSPS) is 42.2. The Morgan fingerprint density at radius 1 is 1.08 bits per heavy atom. The largest absolute Gasteiger partial charge is 0.490 e. The summed E-state index contributed by atoms with van der Waals surface area (Å²) in [7, 11) is 0. The molecule has 2 N–H and O–H groups in total. The molecule has 0 radical (unpaired) electrons. The van der Waals surface area contributed by atoms with Gasteiger partial charge in [0.05, 0.1) is 18.3 Å². The lowest BCUT2D eigenvalue weighted by Crippen LogP contribution is -2.44. The van der Waals surface area contributed by atoms with Gasteiger partial charge in [-0.15, -0.1) is 0 Å². The summed E-state index contributed by atoms with van der Waals surface area (Å²) in [6, 6.07) is 6.81. The van der Waals surface area contributed by atoms with Crippen LogP contribution in [0.5, 0.6) is 5.75 Å². The molecule has 0 aliphatic heterocycles. The Kier molecular flexibility index (Phi) is 4.09. The van der Waals surface area contributed by atoms with E-state index in [1.807, 2.05) is 0 Å². The molecule has 1 aromatic rings. The van der Waals surface area contributed by atoms with Gasteiger partial charge in [0.15, 0.2) is 0 Å². The molecule has 0 bridgehead atoms. The molecular formula is C23H32O3. The lowest BCUT2D eigenvalue weighted by molar-refractivity contribution is -0.0505. The zero-order valence-electron chi connectivity index (χ0n) is 15.9. The van der Waals surface area contributed by atoms with E-state index in [1.165, 1.54) is 43.2 Å². The molecular weight excluding hydrogens is 324 g/mol. The van der Waals surface area contributed by atoms with Crippen LogP contribution in [0.2, 0.25) is 0 Å². The lowest BCUT2D eigenvalue weighted by atomic mass is 9.55. The van der Waals surface area contributed by atoms with Crippen LogP contribution >= 0.6 is 0 Å². The van der Waals surface area contributed by atoms with Crippen molar-refractivity contribution in [2.24, 2.45) is 17.3 Å². The molecule has 3 fully saturated rings. The lowest BCUT2D eigenvalue weighted by Gasteiger charge is -2.49. The third kappa shape index (κ3) is 2.54. The number of benzene rings is 1. The highest BCUT2D eigenvalue weighted by atomic mass is 16.5. The summed E-state index contributed by atoms with van der Waals surface area (Å²) in [4.78, 5) is 0. The molecule has 4 aliphatic rings. The Balaban J connectivity index is 1.39. The molecule has 0 heterocycles. The van der Waals surface area contributed by atoms with Crippen molar-refractivity contribution < 1.29 is 14.9 Å². The molecule has 3 saturated carbocycles.